The zero-order valence-electron chi connectivity index (χ0n) is 30.9. The SMILES string of the molecule is CC(=O)c1c(C)c2cnc(Nc3ccc(N4CCN(C(=O)CSc5cccc6c5C(=O)N(C5CCC(=O)NC5=O)C6=O)CC4)cn3)nc2n(C2CCCC2)c1=O. The lowest BCUT2D eigenvalue weighted by Gasteiger charge is -2.36. The molecule has 1 unspecified atom stereocenters. The van der Waals surface area contributed by atoms with E-state index >= 15 is 0 Å². The first kappa shape index (κ1) is 37.0. The first-order valence-electron chi connectivity index (χ1n) is 18.7. The molecule has 288 valence electrons. The van der Waals surface area contributed by atoms with Crippen molar-refractivity contribution in [3.05, 3.63) is 75.3 Å². The van der Waals surface area contributed by atoms with Crippen molar-refractivity contribution in [1.29, 1.82) is 0 Å². The van der Waals surface area contributed by atoms with Crippen LogP contribution < -0.4 is 21.1 Å². The molecule has 0 spiro atoms. The Labute approximate surface area is 325 Å². The highest BCUT2D eigenvalue weighted by atomic mass is 32.2. The number of ketones is 1. The van der Waals surface area contributed by atoms with Crippen molar-refractivity contribution >= 4 is 75.6 Å². The average Bonchev–Trinajstić information content (AvgIpc) is 3.80. The molecule has 1 aliphatic carbocycles. The van der Waals surface area contributed by atoms with Crippen molar-refractivity contribution in [2.75, 3.05) is 42.1 Å². The van der Waals surface area contributed by atoms with Gasteiger partial charge in [-0.1, -0.05) is 18.9 Å². The van der Waals surface area contributed by atoms with Crippen molar-refractivity contribution in [3.63, 3.8) is 0 Å². The largest absolute Gasteiger partial charge is 0.367 e. The fraction of sp³-hybridized carbons (Fsp3) is 0.385. The number of aryl methyl sites for hydroxylation is 1. The minimum atomic E-state index is -1.06. The molecule has 1 aromatic carbocycles. The van der Waals surface area contributed by atoms with Crippen molar-refractivity contribution < 1.29 is 28.8 Å². The number of aromatic nitrogens is 4. The van der Waals surface area contributed by atoms with Crippen LogP contribution in [-0.2, 0) is 14.4 Å². The number of carbonyl (C=O) groups is 6. The molecule has 8 rings (SSSR count). The fourth-order valence-electron chi connectivity index (χ4n) is 8.12. The molecule has 1 saturated carbocycles. The first-order valence-corrected chi connectivity index (χ1v) is 19.6. The molecule has 2 saturated heterocycles. The van der Waals surface area contributed by atoms with Gasteiger partial charge in [0.1, 0.15) is 17.5 Å². The first-order chi connectivity index (χ1) is 27.0. The third-order valence-corrected chi connectivity index (χ3v) is 12.1. The summed E-state index contributed by atoms with van der Waals surface area (Å²) < 4.78 is 1.67. The van der Waals surface area contributed by atoms with Gasteiger partial charge in [-0.05, 0) is 62.9 Å². The lowest BCUT2D eigenvalue weighted by atomic mass is 10.0. The van der Waals surface area contributed by atoms with E-state index < -0.39 is 29.7 Å². The topological polar surface area (TPSA) is 197 Å². The molecule has 3 aromatic heterocycles. The van der Waals surface area contributed by atoms with Crippen LogP contribution in [0, 0.1) is 6.92 Å². The van der Waals surface area contributed by atoms with Gasteiger partial charge in [0, 0.05) is 55.1 Å². The van der Waals surface area contributed by atoms with E-state index in [4.69, 9.17) is 4.98 Å². The number of benzene rings is 1. The number of carbonyl (C=O) groups excluding carboxylic acids is 6. The number of Topliss-reactive ketones (excluding diaryl/α,β-unsaturated/α-hetero) is 1. The normalized spacial score (nSPS) is 18.8. The van der Waals surface area contributed by atoms with Crippen LogP contribution in [-0.4, -0.2) is 103 Å². The molecule has 4 aromatic rings. The predicted molar refractivity (Wildman–Crippen MR) is 206 cm³/mol. The molecule has 0 radical (unpaired) electrons. The average molecular weight is 778 g/mol. The summed E-state index contributed by atoms with van der Waals surface area (Å²) in [4.78, 5) is 109. The van der Waals surface area contributed by atoms with Crippen LogP contribution in [0.1, 0.15) is 88.1 Å². The molecule has 16 nitrogen and oxygen atoms in total. The van der Waals surface area contributed by atoms with Gasteiger partial charge in [-0.2, -0.15) is 4.98 Å². The predicted octanol–water partition coefficient (Wildman–Crippen LogP) is 3.40. The molecule has 4 aliphatic rings. The van der Waals surface area contributed by atoms with Crippen LogP contribution in [0.25, 0.3) is 11.0 Å². The van der Waals surface area contributed by atoms with Gasteiger partial charge in [-0.15, -0.1) is 11.8 Å². The van der Waals surface area contributed by atoms with Crippen molar-refractivity contribution in [2.24, 2.45) is 0 Å². The maximum absolute atomic E-state index is 13.5. The zero-order chi connectivity index (χ0) is 39.2. The van der Waals surface area contributed by atoms with Gasteiger partial charge in [-0.3, -0.25) is 48.3 Å². The standard InChI is InChI=1S/C39H39N9O7S/c1-21-26-19-41-39(44-34(26)47(23-6-3-4-7-23)37(54)32(21)22(2)49)42-29-12-10-24(18-40-29)45-14-16-46(17-15-45)31(51)20-56-28-9-5-8-25-33(28)38(55)48(36(25)53)27-11-13-30(50)43-35(27)52/h5,8-10,12,18-19,23,27H,3-4,6-7,11,13-17,20H2,1-2H3,(H,43,50,52)(H,40,41,42,44). The highest BCUT2D eigenvalue weighted by Crippen LogP contribution is 2.35. The highest BCUT2D eigenvalue weighted by molar-refractivity contribution is 8.00. The van der Waals surface area contributed by atoms with Crippen molar-refractivity contribution in [3.8, 4) is 0 Å². The van der Waals surface area contributed by atoms with Gasteiger partial charge < -0.3 is 15.1 Å². The molecule has 5 amide bonds. The number of nitrogens with one attached hydrogen (secondary N) is 2. The molecule has 1 atom stereocenters. The van der Waals surface area contributed by atoms with Gasteiger partial charge in [0.05, 0.1) is 34.3 Å². The summed E-state index contributed by atoms with van der Waals surface area (Å²) in [5.41, 5.74) is 2.17. The second-order valence-corrected chi connectivity index (χ2v) is 15.4. The molecule has 3 aliphatic heterocycles. The maximum atomic E-state index is 13.5. The van der Waals surface area contributed by atoms with E-state index in [0.717, 1.165) is 36.3 Å². The smallest absolute Gasteiger partial charge is 0.263 e. The number of piperazine rings is 1. The molecular formula is C39H39N9O7S. The van der Waals surface area contributed by atoms with E-state index in [-0.39, 0.29) is 64.5 Å². The van der Waals surface area contributed by atoms with Crippen LogP contribution >= 0.6 is 11.8 Å². The van der Waals surface area contributed by atoms with Crippen LogP contribution in [0.3, 0.4) is 0 Å². The molecule has 0 bridgehead atoms. The Bertz CT molecular complexity index is 2380. The Kier molecular flexibility index (Phi) is 9.86. The molecule has 17 heteroatoms. The van der Waals surface area contributed by atoms with Gasteiger partial charge in [0.2, 0.25) is 23.7 Å². The molecular weight excluding hydrogens is 739 g/mol. The number of amides is 5. The monoisotopic (exact) mass is 777 g/mol. The number of nitrogens with zero attached hydrogens (tertiary/aromatic N) is 7. The Morgan fingerprint density at radius 2 is 1.70 bits per heavy atom. The van der Waals surface area contributed by atoms with E-state index in [1.54, 1.807) is 40.9 Å². The fourth-order valence-corrected chi connectivity index (χ4v) is 9.10. The van der Waals surface area contributed by atoms with Crippen molar-refractivity contribution in [2.45, 2.75) is 69.4 Å². The van der Waals surface area contributed by atoms with E-state index in [2.05, 4.69) is 25.5 Å². The summed E-state index contributed by atoms with van der Waals surface area (Å²) in [5, 5.41) is 6.02. The summed E-state index contributed by atoms with van der Waals surface area (Å²) in [5.74, 6) is -1.83. The highest BCUT2D eigenvalue weighted by Gasteiger charge is 2.45. The van der Waals surface area contributed by atoms with E-state index in [9.17, 15) is 33.6 Å². The number of imide groups is 2. The molecule has 56 heavy (non-hydrogen) atoms. The lowest BCUT2D eigenvalue weighted by molar-refractivity contribution is -0.136. The summed E-state index contributed by atoms with van der Waals surface area (Å²) in [6.45, 7) is 5.28. The summed E-state index contributed by atoms with van der Waals surface area (Å²) in [7, 11) is 0. The summed E-state index contributed by atoms with van der Waals surface area (Å²) in [6, 6.07) is 7.52. The van der Waals surface area contributed by atoms with E-state index in [0.29, 0.717) is 53.5 Å². The van der Waals surface area contributed by atoms with E-state index in [1.807, 2.05) is 12.1 Å². The second kappa shape index (κ2) is 14.9. The summed E-state index contributed by atoms with van der Waals surface area (Å²) in [6.07, 6.45) is 7.21. The number of hydrogen-bond donors (Lipinski definition) is 2. The minimum Gasteiger partial charge on any atom is -0.367 e. The zero-order valence-corrected chi connectivity index (χ0v) is 31.7. The Morgan fingerprint density at radius 3 is 2.39 bits per heavy atom. The van der Waals surface area contributed by atoms with Gasteiger partial charge in [0.15, 0.2) is 5.78 Å². The van der Waals surface area contributed by atoms with Crippen LogP contribution in [0.5, 0.6) is 0 Å². The van der Waals surface area contributed by atoms with Crippen molar-refractivity contribution in [1.82, 2.24) is 34.6 Å². The number of anilines is 3. The van der Waals surface area contributed by atoms with Gasteiger partial charge in [0.25, 0.3) is 17.4 Å². The molecule has 6 heterocycles. The maximum Gasteiger partial charge on any atom is 0.263 e. The number of pyridine rings is 2. The number of piperidine rings is 1. The van der Waals surface area contributed by atoms with E-state index in [1.165, 1.54) is 24.8 Å². The van der Waals surface area contributed by atoms with Gasteiger partial charge in [-0.25, -0.2) is 9.97 Å². The summed E-state index contributed by atoms with van der Waals surface area (Å²) >= 11 is 1.18. The van der Waals surface area contributed by atoms with Gasteiger partial charge >= 0.3 is 0 Å². The van der Waals surface area contributed by atoms with Crippen LogP contribution in [0.4, 0.5) is 17.5 Å². The molecule has 2 N–H and O–H groups in total. The Hall–Kier alpha value is -5.97. The third kappa shape index (κ3) is 6.69. The van der Waals surface area contributed by atoms with Crippen LogP contribution in [0.2, 0.25) is 0 Å². The lowest BCUT2D eigenvalue weighted by Crippen LogP contribution is -2.54. The van der Waals surface area contributed by atoms with Crippen LogP contribution in [0.15, 0.2) is 52.4 Å². The number of hydrogen-bond acceptors (Lipinski definition) is 13. The number of fused-ring (bicyclic) bond motifs is 2. The molecule has 3 fully saturated rings. The quantitative estimate of drug-likeness (QED) is 0.143. The third-order valence-electron chi connectivity index (χ3n) is 11.0. The minimum absolute atomic E-state index is 0.0273. The Balaban J connectivity index is 0.886. The number of rotatable bonds is 9. The number of thioether (sulfide) groups is 1. The second-order valence-electron chi connectivity index (χ2n) is 14.4. The Morgan fingerprint density at radius 1 is 0.929 bits per heavy atom.